The van der Waals surface area contributed by atoms with Crippen LogP contribution < -0.4 is 19.1 Å². The quantitative estimate of drug-likeness (QED) is 0.0747. The number of anilines is 1. The average molecular weight is 604 g/mol. The van der Waals surface area contributed by atoms with E-state index in [2.05, 4.69) is 22.3 Å². The molecule has 216 valence electrons. The highest BCUT2D eigenvalue weighted by molar-refractivity contribution is 8.00. The predicted molar refractivity (Wildman–Crippen MR) is 163 cm³/mol. The average Bonchev–Trinajstić information content (AvgIpc) is 3.58. The normalized spacial score (nSPS) is 16.1. The molecule has 0 saturated carbocycles. The van der Waals surface area contributed by atoms with Crippen molar-refractivity contribution in [2.24, 2.45) is 0 Å². The van der Waals surface area contributed by atoms with Gasteiger partial charge in [-0.2, -0.15) is 0 Å². The van der Waals surface area contributed by atoms with Crippen molar-refractivity contribution in [3.63, 3.8) is 0 Å². The first-order chi connectivity index (χ1) is 20.3. The number of hydrogen-bond donors (Lipinski definition) is 1. The molecular formula is C31H29N3O6S2. The number of benzene rings is 3. The summed E-state index contributed by atoms with van der Waals surface area (Å²) in [6.07, 6.45) is 0. The summed E-state index contributed by atoms with van der Waals surface area (Å²) in [4.78, 5) is 28.4. The molecule has 11 heteroatoms. The first-order valence-electron chi connectivity index (χ1n) is 13.1. The van der Waals surface area contributed by atoms with E-state index in [-0.39, 0.29) is 16.5 Å². The van der Waals surface area contributed by atoms with Crippen molar-refractivity contribution in [1.82, 2.24) is 10.2 Å². The van der Waals surface area contributed by atoms with Crippen molar-refractivity contribution < 1.29 is 28.9 Å². The number of methoxy groups -OCH3 is 2. The van der Waals surface area contributed by atoms with E-state index in [0.717, 1.165) is 5.56 Å². The second kappa shape index (κ2) is 12.7. The molecule has 1 N–H and O–H groups in total. The topological polar surface area (TPSA) is 111 Å². The monoisotopic (exact) mass is 603 g/mol. The number of rotatable bonds is 10. The number of ether oxygens (including phenoxy) is 3. The van der Waals surface area contributed by atoms with E-state index in [9.17, 15) is 14.7 Å². The van der Waals surface area contributed by atoms with Crippen LogP contribution in [0.15, 0.2) is 76.6 Å². The van der Waals surface area contributed by atoms with Crippen LogP contribution in [0.3, 0.4) is 0 Å². The van der Waals surface area contributed by atoms with Crippen LogP contribution >= 0.6 is 23.1 Å². The van der Waals surface area contributed by atoms with Crippen LogP contribution in [0.1, 0.15) is 35.2 Å². The summed E-state index contributed by atoms with van der Waals surface area (Å²) >= 11 is 2.70. The molecule has 9 nitrogen and oxygen atoms in total. The van der Waals surface area contributed by atoms with Gasteiger partial charge in [0.2, 0.25) is 5.13 Å². The second-order valence-corrected chi connectivity index (χ2v) is 11.5. The molecule has 42 heavy (non-hydrogen) atoms. The Hall–Kier alpha value is -4.35. The van der Waals surface area contributed by atoms with Crippen molar-refractivity contribution in [1.29, 1.82) is 0 Å². The Morgan fingerprint density at radius 1 is 0.976 bits per heavy atom. The smallest absolute Gasteiger partial charge is 0.301 e. The Morgan fingerprint density at radius 2 is 1.69 bits per heavy atom. The first-order valence-corrected chi connectivity index (χ1v) is 14.9. The van der Waals surface area contributed by atoms with Gasteiger partial charge in [0.05, 0.1) is 32.4 Å². The van der Waals surface area contributed by atoms with E-state index in [0.29, 0.717) is 45.1 Å². The number of aromatic nitrogens is 2. The fourth-order valence-corrected chi connectivity index (χ4v) is 6.41. The summed E-state index contributed by atoms with van der Waals surface area (Å²) in [6.45, 7) is 4.40. The summed E-state index contributed by atoms with van der Waals surface area (Å²) in [5.41, 5.74) is 3.14. The molecule has 1 fully saturated rings. The van der Waals surface area contributed by atoms with Crippen LogP contribution in [-0.2, 0) is 15.3 Å². The van der Waals surface area contributed by atoms with Gasteiger partial charge >= 0.3 is 5.91 Å². The molecule has 0 radical (unpaired) electrons. The van der Waals surface area contributed by atoms with Crippen molar-refractivity contribution in [3.8, 4) is 17.2 Å². The second-order valence-electron chi connectivity index (χ2n) is 9.37. The summed E-state index contributed by atoms with van der Waals surface area (Å²) in [5.74, 6) is 0.236. The Morgan fingerprint density at radius 3 is 2.36 bits per heavy atom. The molecular weight excluding hydrogens is 574 g/mol. The third kappa shape index (κ3) is 5.83. The molecule has 1 aliphatic heterocycles. The maximum atomic E-state index is 13.6. The zero-order valence-electron chi connectivity index (χ0n) is 23.5. The van der Waals surface area contributed by atoms with E-state index in [4.69, 9.17) is 14.2 Å². The third-order valence-corrected chi connectivity index (χ3v) is 8.82. The zero-order chi connectivity index (χ0) is 29.8. The minimum absolute atomic E-state index is 0.0690. The Labute approximate surface area is 251 Å². The molecule has 0 spiro atoms. The Kier molecular flexibility index (Phi) is 8.79. The highest BCUT2D eigenvalue weighted by atomic mass is 32.2. The van der Waals surface area contributed by atoms with Crippen molar-refractivity contribution in [2.75, 3.05) is 25.7 Å². The molecule has 5 rings (SSSR count). The lowest BCUT2D eigenvalue weighted by molar-refractivity contribution is -0.132. The molecule has 4 aromatic rings. The summed E-state index contributed by atoms with van der Waals surface area (Å²) in [5, 5.41) is 20.2. The molecule has 1 aliphatic rings. The number of aliphatic hydroxyl groups is 1. The minimum atomic E-state index is -0.987. The number of aliphatic hydroxyl groups excluding tert-OH is 1. The number of nitrogens with zero attached hydrogens (tertiary/aromatic N) is 3. The first kappa shape index (κ1) is 29.2. The zero-order valence-corrected chi connectivity index (χ0v) is 25.1. The van der Waals surface area contributed by atoms with Gasteiger partial charge < -0.3 is 19.3 Å². The van der Waals surface area contributed by atoms with Crippen LogP contribution in [0.4, 0.5) is 5.13 Å². The molecule has 2 heterocycles. The van der Waals surface area contributed by atoms with E-state index in [1.54, 1.807) is 42.5 Å². The predicted octanol–water partition coefficient (Wildman–Crippen LogP) is 6.18. The lowest BCUT2D eigenvalue weighted by atomic mass is 9.95. The largest absolute Gasteiger partial charge is 0.507 e. The van der Waals surface area contributed by atoms with Crippen LogP contribution in [-0.4, -0.2) is 47.8 Å². The van der Waals surface area contributed by atoms with Crippen LogP contribution in [0.5, 0.6) is 17.2 Å². The molecule has 1 amide bonds. The SMILES string of the molecule is CCOc1ccc(/C(O)=C2/C(=O)C(=O)N(c3nnc(SCc4ccc(C)cc4)s3)C2c2ccc(OC)c(OC)c2)cc1. The maximum absolute atomic E-state index is 13.6. The molecule has 0 aliphatic carbocycles. The number of Topliss-reactive ketones (excluding diaryl/α,β-unsaturated/α-hetero) is 1. The molecule has 1 aromatic heterocycles. The fourth-order valence-electron chi connectivity index (χ4n) is 4.59. The summed E-state index contributed by atoms with van der Waals surface area (Å²) < 4.78 is 17.0. The van der Waals surface area contributed by atoms with Gasteiger partial charge in [-0.1, -0.05) is 59.0 Å². The summed E-state index contributed by atoms with van der Waals surface area (Å²) in [6, 6.07) is 19.0. The fraction of sp³-hybridized carbons (Fsp3) is 0.226. The van der Waals surface area contributed by atoms with Gasteiger partial charge in [0, 0.05) is 11.3 Å². The van der Waals surface area contributed by atoms with Crippen LogP contribution in [0, 0.1) is 6.92 Å². The highest BCUT2D eigenvalue weighted by Crippen LogP contribution is 2.45. The van der Waals surface area contributed by atoms with Crippen molar-refractivity contribution in [2.45, 2.75) is 30.0 Å². The number of aryl methyl sites for hydroxylation is 1. The number of carbonyl (C=O) groups is 2. The minimum Gasteiger partial charge on any atom is -0.507 e. The lowest BCUT2D eigenvalue weighted by Gasteiger charge is -2.23. The molecule has 1 saturated heterocycles. The van der Waals surface area contributed by atoms with Crippen molar-refractivity contribution >= 4 is 45.7 Å². The number of amides is 1. The van der Waals surface area contributed by atoms with Gasteiger partial charge in [0.1, 0.15) is 11.5 Å². The van der Waals surface area contributed by atoms with E-state index in [1.807, 2.05) is 26.0 Å². The maximum Gasteiger partial charge on any atom is 0.301 e. The molecule has 3 aromatic carbocycles. The van der Waals surface area contributed by atoms with Gasteiger partial charge in [-0.05, 0) is 61.4 Å². The van der Waals surface area contributed by atoms with E-state index in [1.165, 1.54) is 47.8 Å². The van der Waals surface area contributed by atoms with Gasteiger partial charge in [-0.3, -0.25) is 14.5 Å². The molecule has 1 unspecified atom stereocenters. The number of thioether (sulfide) groups is 1. The molecule has 1 atom stereocenters. The lowest BCUT2D eigenvalue weighted by Crippen LogP contribution is -2.29. The van der Waals surface area contributed by atoms with Gasteiger partial charge in [0.25, 0.3) is 5.78 Å². The Balaban J connectivity index is 1.56. The van der Waals surface area contributed by atoms with E-state index >= 15 is 0 Å². The van der Waals surface area contributed by atoms with Gasteiger partial charge in [0.15, 0.2) is 15.8 Å². The Bertz CT molecular complexity index is 1630. The number of hydrogen-bond acceptors (Lipinski definition) is 10. The van der Waals surface area contributed by atoms with Crippen molar-refractivity contribution in [3.05, 3.63) is 94.6 Å². The standard InChI is InChI=1S/C31H29N3O6S2/c1-5-40-22-13-10-20(11-14-22)27(35)25-26(21-12-15-23(38-3)24(16-21)39-4)34(29(37)28(25)36)30-32-33-31(42-30)41-17-19-8-6-18(2)7-9-19/h6-16,26,35H,5,17H2,1-4H3/b27-25-. The van der Waals surface area contributed by atoms with Gasteiger partial charge in [-0.25, -0.2) is 0 Å². The summed E-state index contributed by atoms with van der Waals surface area (Å²) in [7, 11) is 3.02. The van der Waals surface area contributed by atoms with Gasteiger partial charge in [-0.15, -0.1) is 10.2 Å². The van der Waals surface area contributed by atoms with Crippen LogP contribution in [0.25, 0.3) is 5.76 Å². The number of ketones is 1. The highest BCUT2D eigenvalue weighted by Gasteiger charge is 2.48. The van der Waals surface area contributed by atoms with E-state index < -0.39 is 17.7 Å². The third-order valence-electron chi connectivity index (χ3n) is 6.69. The van der Waals surface area contributed by atoms with Crippen LogP contribution in [0.2, 0.25) is 0 Å². The molecule has 0 bridgehead atoms. The number of carbonyl (C=O) groups excluding carboxylic acids is 2.